The minimum atomic E-state index is -0.192. The zero-order valence-electron chi connectivity index (χ0n) is 22.7. The highest BCUT2D eigenvalue weighted by Gasteiger charge is 2.27. The number of methoxy groups -OCH3 is 2. The van der Waals surface area contributed by atoms with E-state index in [1.54, 1.807) is 20.4 Å². The van der Waals surface area contributed by atoms with Gasteiger partial charge in [0.2, 0.25) is 0 Å². The number of halogens is 1. The van der Waals surface area contributed by atoms with Gasteiger partial charge in [0.25, 0.3) is 0 Å². The highest BCUT2D eigenvalue weighted by molar-refractivity contribution is 6.32. The van der Waals surface area contributed by atoms with Crippen LogP contribution in [0.1, 0.15) is 36.7 Å². The number of nitrogens with zero attached hydrogens (tertiary/aromatic N) is 3. The van der Waals surface area contributed by atoms with Gasteiger partial charge in [-0.05, 0) is 67.4 Å². The zero-order chi connectivity index (χ0) is 27.7. The van der Waals surface area contributed by atoms with E-state index in [2.05, 4.69) is 11.9 Å². The minimum Gasteiger partial charge on any atom is -0.497 e. The van der Waals surface area contributed by atoms with E-state index in [4.69, 9.17) is 36.5 Å². The van der Waals surface area contributed by atoms with Gasteiger partial charge < -0.3 is 19.9 Å². The number of ether oxygens (including phenoxy) is 3. The molecular weight excluding hydrogens is 512 g/mol. The van der Waals surface area contributed by atoms with Crippen molar-refractivity contribution in [2.24, 2.45) is 0 Å². The number of aromatic nitrogens is 3. The predicted octanol–water partition coefficient (Wildman–Crippen LogP) is 7.18. The van der Waals surface area contributed by atoms with Crippen LogP contribution in [0.15, 0.2) is 67.0 Å². The summed E-state index contributed by atoms with van der Waals surface area (Å²) in [5.74, 6) is 3.34. The Balaban J connectivity index is 1.72. The molecule has 0 fully saturated rings. The maximum absolute atomic E-state index is 6.85. The smallest absolute Gasteiger partial charge is 0.150 e. The lowest BCUT2D eigenvalue weighted by Gasteiger charge is -2.22. The normalized spacial score (nSPS) is 11.9. The second-order valence-electron chi connectivity index (χ2n) is 9.24. The predicted molar refractivity (Wildman–Crippen MR) is 156 cm³/mol. The summed E-state index contributed by atoms with van der Waals surface area (Å²) in [6, 6.07) is 17.7. The fourth-order valence-electron chi connectivity index (χ4n) is 4.95. The van der Waals surface area contributed by atoms with E-state index < -0.39 is 0 Å². The maximum Gasteiger partial charge on any atom is 0.150 e. The number of anilines is 1. The van der Waals surface area contributed by atoms with E-state index in [0.29, 0.717) is 17.4 Å². The quantitative estimate of drug-likeness (QED) is 0.224. The van der Waals surface area contributed by atoms with Crippen molar-refractivity contribution in [1.29, 1.82) is 0 Å². The van der Waals surface area contributed by atoms with Gasteiger partial charge in [-0.2, -0.15) is 0 Å². The molecule has 0 spiro atoms. The van der Waals surface area contributed by atoms with Crippen LogP contribution in [0.4, 0.5) is 5.82 Å². The summed E-state index contributed by atoms with van der Waals surface area (Å²) in [5, 5.41) is 0.656. The van der Waals surface area contributed by atoms with Crippen LogP contribution in [0, 0.1) is 6.92 Å². The van der Waals surface area contributed by atoms with Crippen LogP contribution in [-0.2, 0) is 0 Å². The van der Waals surface area contributed by atoms with E-state index in [9.17, 15) is 0 Å². The van der Waals surface area contributed by atoms with E-state index in [1.165, 1.54) is 0 Å². The molecule has 1 unspecified atom stereocenters. The largest absolute Gasteiger partial charge is 0.497 e. The Morgan fingerprint density at radius 2 is 1.59 bits per heavy atom. The fraction of sp³-hybridized carbons (Fsp3) is 0.226. The molecule has 0 radical (unpaired) electrons. The Labute approximate surface area is 233 Å². The molecule has 0 aliphatic carbocycles. The van der Waals surface area contributed by atoms with Crippen molar-refractivity contribution in [2.45, 2.75) is 26.7 Å². The summed E-state index contributed by atoms with van der Waals surface area (Å²) in [4.78, 5) is 9.47. The van der Waals surface area contributed by atoms with Crippen molar-refractivity contribution < 1.29 is 14.2 Å². The first-order valence-corrected chi connectivity index (χ1v) is 13.1. The summed E-state index contributed by atoms with van der Waals surface area (Å²) in [5.41, 5.74) is 12.6. The molecule has 8 heteroatoms. The fourth-order valence-corrected chi connectivity index (χ4v) is 5.16. The topological polar surface area (TPSA) is 83.9 Å². The number of fused-ring (bicyclic) bond motifs is 1. The van der Waals surface area contributed by atoms with Crippen molar-refractivity contribution in [3.05, 3.63) is 89.0 Å². The van der Waals surface area contributed by atoms with Gasteiger partial charge in [-0.15, -0.1) is 0 Å². The van der Waals surface area contributed by atoms with E-state index in [1.807, 2.05) is 79.0 Å². The number of nitrogen functional groups attached to an aromatic ring is 1. The minimum absolute atomic E-state index is 0.192. The van der Waals surface area contributed by atoms with E-state index in [0.717, 1.165) is 62.1 Å². The van der Waals surface area contributed by atoms with E-state index in [-0.39, 0.29) is 5.92 Å². The maximum atomic E-state index is 6.85. The van der Waals surface area contributed by atoms with Gasteiger partial charge in [-0.25, -0.2) is 9.97 Å². The van der Waals surface area contributed by atoms with Crippen LogP contribution in [0.2, 0.25) is 5.02 Å². The molecule has 0 saturated carbocycles. The van der Waals surface area contributed by atoms with Gasteiger partial charge in [-0.1, -0.05) is 30.7 Å². The van der Waals surface area contributed by atoms with Crippen LogP contribution < -0.4 is 19.9 Å². The van der Waals surface area contributed by atoms with Crippen molar-refractivity contribution in [3.8, 4) is 39.6 Å². The lowest BCUT2D eigenvalue weighted by Crippen LogP contribution is -2.08. The van der Waals surface area contributed by atoms with Crippen LogP contribution >= 0.6 is 11.6 Å². The van der Waals surface area contributed by atoms with Gasteiger partial charge in [0, 0.05) is 40.0 Å². The van der Waals surface area contributed by atoms with Crippen LogP contribution in [0.25, 0.3) is 27.9 Å². The van der Waals surface area contributed by atoms with Crippen molar-refractivity contribution >= 4 is 22.9 Å². The van der Waals surface area contributed by atoms with Gasteiger partial charge in [-0.3, -0.25) is 4.40 Å². The highest BCUT2D eigenvalue weighted by atomic mass is 35.5. The Morgan fingerprint density at radius 1 is 0.974 bits per heavy atom. The molecule has 5 rings (SSSR count). The summed E-state index contributed by atoms with van der Waals surface area (Å²) in [6.45, 7) is 6.60. The van der Waals surface area contributed by atoms with Crippen LogP contribution in [0.5, 0.6) is 17.2 Å². The molecule has 3 aromatic carbocycles. The highest BCUT2D eigenvalue weighted by Crippen LogP contribution is 2.45. The molecule has 0 saturated heterocycles. The molecule has 39 heavy (non-hydrogen) atoms. The third kappa shape index (κ3) is 4.74. The molecule has 0 amide bonds. The molecule has 1 atom stereocenters. The third-order valence-corrected chi connectivity index (χ3v) is 7.39. The van der Waals surface area contributed by atoms with Crippen molar-refractivity contribution in [2.75, 3.05) is 26.6 Å². The number of rotatable bonds is 8. The second kappa shape index (κ2) is 10.9. The molecule has 5 aromatic rings. The molecule has 0 aliphatic heterocycles. The summed E-state index contributed by atoms with van der Waals surface area (Å²) in [6.07, 6.45) is 3.57. The van der Waals surface area contributed by atoms with Crippen LogP contribution in [-0.4, -0.2) is 35.2 Å². The summed E-state index contributed by atoms with van der Waals surface area (Å²) < 4.78 is 19.0. The zero-order valence-corrected chi connectivity index (χ0v) is 23.4. The SMILES string of the molecule is CCOc1c(C(C)c2nc(-c3ccc(OC)cc3)c3c(N)nccn23)cc(Cl)c(C)c1-c1ccc(OC)cc1. The van der Waals surface area contributed by atoms with Gasteiger partial charge in [0.1, 0.15) is 40.1 Å². The molecule has 7 nitrogen and oxygen atoms in total. The molecule has 200 valence electrons. The standard InChI is InChI=1S/C31H31ClN4O3/c1-6-39-29-24(17-25(32)19(3)26(29)20-7-11-22(37-4)12-8-20)18(2)31-35-27(21-9-13-23(38-5)14-10-21)28-30(33)34-15-16-36(28)31/h7-18H,6H2,1-5H3,(H2,33,34). The first kappa shape index (κ1) is 26.4. The van der Waals surface area contributed by atoms with E-state index >= 15 is 0 Å². The van der Waals surface area contributed by atoms with Gasteiger partial charge in [0.05, 0.1) is 20.8 Å². The van der Waals surface area contributed by atoms with Crippen molar-refractivity contribution in [3.63, 3.8) is 0 Å². The second-order valence-corrected chi connectivity index (χ2v) is 9.65. The number of hydrogen-bond donors (Lipinski definition) is 1. The lowest BCUT2D eigenvalue weighted by atomic mass is 9.90. The summed E-state index contributed by atoms with van der Waals surface area (Å²) in [7, 11) is 3.30. The Morgan fingerprint density at radius 3 is 2.18 bits per heavy atom. The molecular formula is C31H31ClN4O3. The van der Waals surface area contributed by atoms with Gasteiger partial charge >= 0.3 is 0 Å². The van der Waals surface area contributed by atoms with Gasteiger partial charge in [0.15, 0.2) is 0 Å². The Hall–Kier alpha value is -4.23. The lowest BCUT2D eigenvalue weighted by molar-refractivity contribution is 0.336. The Bertz CT molecular complexity index is 1630. The molecule has 0 aliphatic rings. The average Bonchev–Trinajstić information content (AvgIpc) is 3.36. The van der Waals surface area contributed by atoms with Crippen molar-refractivity contribution in [1.82, 2.24) is 14.4 Å². The number of nitrogens with two attached hydrogens (primary N) is 1. The van der Waals surface area contributed by atoms with Crippen LogP contribution in [0.3, 0.4) is 0 Å². The molecule has 0 bridgehead atoms. The first-order valence-electron chi connectivity index (χ1n) is 12.7. The monoisotopic (exact) mass is 542 g/mol. The Kier molecular flexibility index (Phi) is 7.35. The molecule has 2 heterocycles. The molecule has 2 N–H and O–H groups in total. The third-order valence-electron chi connectivity index (χ3n) is 7.00. The number of benzene rings is 3. The summed E-state index contributed by atoms with van der Waals surface area (Å²) >= 11 is 6.85. The number of hydrogen-bond acceptors (Lipinski definition) is 6. The average molecular weight is 543 g/mol. The number of imidazole rings is 1. The first-order chi connectivity index (χ1) is 18.9. The molecule has 2 aromatic heterocycles.